The van der Waals surface area contributed by atoms with Crippen molar-refractivity contribution in [2.75, 3.05) is 5.32 Å². The van der Waals surface area contributed by atoms with Gasteiger partial charge in [-0.3, -0.25) is 9.89 Å². The van der Waals surface area contributed by atoms with Gasteiger partial charge in [-0.05, 0) is 50.1 Å². The quantitative estimate of drug-likeness (QED) is 0.889. The third-order valence-corrected chi connectivity index (χ3v) is 3.01. The van der Waals surface area contributed by atoms with Gasteiger partial charge in [-0.15, -0.1) is 0 Å². The van der Waals surface area contributed by atoms with Crippen LogP contribution in [0.25, 0.3) is 0 Å². The molecule has 0 atom stereocenters. The van der Waals surface area contributed by atoms with E-state index in [9.17, 15) is 9.18 Å². The van der Waals surface area contributed by atoms with Crippen LogP contribution in [-0.4, -0.2) is 16.1 Å². The van der Waals surface area contributed by atoms with Crippen LogP contribution in [-0.2, 0) is 11.2 Å². The summed E-state index contributed by atoms with van der Waals surface area (Å²) in [6, 6.07) is 5.73. The Morgan fingerprint density at radius 1 is 1.32 bits per heavy atom. The molecule has 0 aliphatic heterocycles. The van der Waals surface area contributed by atoms with E-state index in [0.29, 0.717) is 18.5 Å². The van der Waals surface area contributed by atoms with Crippen LogP contribution in [0.4, 0.5) is 10.1 Å². The number of carbonyl (C=O) groups is 1. The number of anilines is 1. The number of aromatic amines is 1. The molecule has 1 aromatic heterocycles. The number of halogens is 1. The maximum Gasteiger partial charge on any atom is 0.224 e. The number of nitrogens with one attached hydrogen (secondary N) is 2. The smallest absolute Gasteiger partial charge is 0.224 e. The van der Waals surface area contributed by atoms with E-state index in [4.69, 9.17) is 0 Å². The van der Waals surface area contributed by atoms with Gasteiger partial charge in [0.25, 0.3) is 0 Å². The predicted octanol–water partition coefficient (Wildman–Crippen LogP) is 2.74. The standard InChI is InChI=1S/C14H16FN3O/c1-9-13(10(2)18-17-9)7-8-14(19)16-12-5-3-11(15)4-6-12/h3-6H,7-8H2,1-2H3,(H,16,19)(H,17,18). The fourth-order valence-electron chi connectivity index (χ4n) is 1.94. The molecule has 2 rings (SSSR count). The molecule has 0 radical (unpaired) electrons. The van der Waals surface area contributed by atoms with Gasteiger partial charge in [0.2, 0.25) is 5.91 Å². The molecule has 0 bridgehead atoms. The first-order chi connectivity index (χ1) is 9.06. The van der Waals surface area contributed by atoms with Crippen LogP contribution >= 0.6 is 0 Å². The lowest BCUT2D eigenvalue weighted by atomic mass is 10.1. The van der Waals surface area contributed by atoms with E-state index in [0.717, 1.165) is 17.0 Å². The van der Waals surface area contributed by atoms with Crippen LogP contribution in [0, 0.1) is 19.7 Å². The van der Waals surface area contributed by atoms with Crippen molar-refractivity contribution in [2.45, 2.75) is 26.7 Å². The second-order valence-electron chi connectivity index (χ2n) is 4.47. The van der Waals surface area contributed by atoms with Crippen molar-refractivity contribution < 1.29 is 9.18 Å². The van der Waals surface area contributed by atoms with Gasteiger partial charge in [-0.1, -0.05) is 0 Å². The maximum absolute atomic E-state index is 12.7. The number of H-pyrrole nitrogens is 1. The Bertz CT molecular complexity index is 555. The fraction of sp³-hybridized carbons (Fsp3) is 0.286. The van der Waals surface area contributed by atoms with Crippen LogP contribution in [0.5, 0.6) is 0 Å². The van der Waals surface area contributed by atoms with Gasteiger partial charge < -0.3 is 5.32 Å². The molecule has 0 fully saturated rings. The van der Waals surface area contributed by atoms with Crippen molar-refractivity contribution in [3.8, 4) is 0 Å². The Morgan fingerprint density at radius 2 is 2.00 bits per heavy atom. The number of carbonyl (C=O) groups excluding carboxylic acids is 1. The lowest BCUT2D eigenvalue weighted by Gasteiger charge is -2.05. The molecule has 0 aliphatic rings. The second kappa shape index (κ2) is 5.65. The molecule has 2 aromatic rings. The Hall–Kier alpha value is -2.17. The first kappa shape index (κ1) is 13.3. The van der Waals surface area contributed by atoms with Crippen molar-refractivity contribution in [1.82, 2.24) is 10.2 Å². The van der Waals surface area contributed by atoms with Crippen LogP contribution in [0.3, 0.4) is 0 Å². The highest BCUT2D eigenvalue weighted by molar-refractivity contribution is 5.90. The van der Waals surface area contributed by atoms with Crippen LogP contribution in [0.15, 0.2) is 24.3 Å². The number of amides is 1. The normalized spacial score (nSPS) is 10.5. The van der Waals surface area contributed by atoms with E-state index < -0.39 is 0 Å². The lowest BCUT2D eigenvalue weighted by molar-refractivity contribution is -0.116. The Morgan fingerprint density at radius 3 is 2.58 bits per heavy atom. The highest BCUT2D eigenvalue weighted by Crippen LogP contribution is 2.13. The fourth-order valence-corrected chi connectivity index (χ4v) is 1.94. The molecule has 4 nitrogen and oxygen atoms in total. The summed E-state index contributed by atoms with van der Waals surface area (Å²) in [5.74, 6) is -0.408. The molecule has 100 valence electrons. The van der Waals surface area contributed by atoms with E-state index in [1.807, 2.05) is 13.8 Å². The zero-order chi connectivity index (χ0) is 13.8. The summed E-state index contributed by atoms with van der Waals surface area (Å²) in [5, 5.41) is 9.72. The van der Waals surface area contributed by atoms with Crippen LogP contribution in [0.1, 0.15) is 23.4 Å². The number of rotatable bonds is 4. The lowest BCUT2D eigenvalue weighted by Crippen LogP contribution is -2.12. The molecular formula is C14H16FN3O. The monoisotopic (exact) mass is 261 g/mol. The number of aromatic nitrogens is 2. The molecule has 0 saturated heterocycles. The molecule has 19 heavy (non-hydrogen) atoms. The van der Waals surface area contributed by atoms with E-state index in [-0.39, 0.29) is 11.7 Å². The van der Waals surface area contributed by atoms with Gasteiger partial charge in [0.05, 0.1) is 5.69 Å². The minimum Gasteiger partial charge on any atom is -0.326 e. The summed E-state index contributed by atoms with van der Waals surface area (Å²) < 4.78 is 12.7. The molecule has 1 aromatic carbocycles. The van der Waals surface area contributed by atoms with E-state index in [1.165, 1.54) is 12.1 Å². The largest absolute Gasteiger partial charge is 0.326 e. The van der Waals surface area contributed by atoms with Crippen molar-refractivity contribution in [3.05, 3.63) is 47.0 Å². The highest BCUT2D eigenvalue weighted by atomic mass is 19.1. The average Bonchev–Trinajstić information content (AvgIpc) is 2.70. The molecular weight excluding hydrogens is 245 g/mol. The first-order valence-corrected chi connectivity index (χ1v) is 6.12. The summed E-state index contributed by atoms with van der Waals surface area (Å²) in [6.07, 6.45) is 1.01. The number of benzene rings is 1. The van der Waals surface area contributed by atoms with E-state index in [2.05, 4.69) is 15.5 Å². The molecule has 1 amide bonds. The number of aryl methyl sites for hydroxylation is 2. The van der Waals surface area contributed by atoms with Crippen molar-refractivity contribution in [1.29, 1.82) is 0 Å². The van der Waals surface area contributed by atoms with Gasteiger partial charge in [0.1, 0.15) is 5.82 Å². The summed E-state index contributed by atoms with van der Waals surface area (Å²) in [4.78, 5) is 11.8. The van der Waals surface area contributed by atoms with Crippen molar-refractivity contribution >= 4 is 11.6 Å². The average molecular weight is 261 g/mol. The maximum atomic E-state index is 12.7. The molecule has 0 aliphatic carbocycles. The second-order valence-corrected chi connectivity index (χ2v) is 4.47. The van der Waals surface area contributed by atoms with Crippen molar-refractivity contribution in [2.24, 2.45) is 0 Å². The number of nitrogens with zero attached hydrogens (tertiary/aromatic N) is 1. The molecule has 0 saturated carbocycles. The minimum atomic E-state index is -0.317. The molecule has 0 spiro atoms. The van der Waals surface area contributed by atoms with Gasteiger partial charge in [-0.25, -0.2) is 4.39 Å². The molecule has 2 N–H and O–H groups in total. The van der Waals surface area contributed by atoms with Crippen LogP contribution < -0.4 is 5.32 Å². The number of hydrogen-bond donors (Lipinski definition) is 2. The molecule has 5 heteroatoms. The third kappa shape index (κ3) is 3.40. The third-order valence-electron chi connectivity index (χ3n) is 3.01. The van der Waals surface area contributed by atoms with Gasteiger partial charge in [-0.2, -0.15) is 5.10 Å². The number of hydrogen-bond acceptors (Lipinski definition) is 2. The highest BCUT2D eigenvalue weighted by Gasteiger charge is 2.09. The first-order valence-electron chi connectivity index (χ1n) is 6.12. The van der Waals surface area contributed by atoms with Gasteiger partial charge >= 0.3 is 0 Å². The summed E-state index contributed by atoms with van der Waals surface area (Å²) >= 11 is 0. The Labute approximate surface area is 111 Å². The summed E-state index contributed by atoms with van der Waals surface area (Å²) in [7, 11) is 0. The van der Waals surface area contributed by atoms with Crippen LogP contribution in [0.2, 0.25) is 0 Å². The predicted molar refractivity (Wildman–Crippen MR) is 71.4 cm³/mol. The zero-order valence-corrected chi connectivity index (χ0v) is 11.0. The van der Waals surface area contributed by atoms with Gasteiger partial charge in [0, 0.05) is 17.8 Å². The zero-order valence-electron chi connectivity index (χ0n) is 11.0. The summed E-state index contributed by atoms with van der Waals surface area (Å²) in [5.41, 5.74) is 3.60. The molecule has 1 heterocycles. The van der Waals surface area contributed by atoms with E-state index >= 15 is 0 Å². The molecule has 0 unspecified atom stereocenters. The van der Waals surface area contributed by atoms with Crippen molar-refractivity contribution in [3.63, 3.8) is 0 Å². The van der Waals surface area contributed by atoms with E-state index in [1.54, 1.807) is 12.1 Å². The minimum absolute atomic E-state index is 0.0911. The Kier molecular flexibility index (Phi) is 3.94. The summed E-state index contributed by atoms with van der Waals surface area (Å²) in [6.45, 7) is 3.85. The van der Waals surface area contributed by atoms with Gasteiger partial charge in [0.15, 0.2) is 0 Å². The topological polar surface area (TPSA) is 57.8 Å². The Balaban J connectivity index is 1.90. The SMILES string of the molecule is Cc1n[nH]c(C)c1CCC(=O)Nc1ccc(F)cc1.